The van der Waals surface area contributed by atoms with E-state index in [1.807, 2.05) is 18.5 Å². The summed E-state index contributed by atoms with van der Waals surface area (Å²) in [5, 5.41) is 19.9. The van der Waals surface area contributed by atoms with Crippen LogP contribution in [0, 0.1) is 13.8 Å². The Bertz CT molecular complexity index is 722. The van der Waals surface area contributed by atoms with Gasteiger partial charge in [-0.3, -0.25) is 14.2 Å². The molecule has 2 aromatic rings. The molecule has 0 aliphatic carbocycles. The number of amides is 1. The number of hydrogen-bond acceptors (Lipinski definition) is 4. The van der Waals surface area contributed by atoms with Gasteiger partial charge in [0.25, 0.3) is 0 Å². The summed E-state index contributed by atoms with van der Waals surface area (Å²) in [6.07, 6.45) is 2.91. The number of aromatic carboxylic acids is 1. The molecule has 0 unspecified atom stereocenters. The maximum atomic E-state index is 11.8. The molecule has 2 heterocycles. The molecule has 0 aromatic carbocycles. The van der Waals surface area contributed by atoms with E-state index in [0.29, 0.717) is 19.6 Å². The molecular formula is C14H18BrN5O3. The number of hydrogen-bond donors (Lipinski definition) is 2. The molecule has 0 saturated heterocycles. The van der Waals surface area contributed by atoms with Gasteiger partial charge in [-0.25, -0.2) is 4.79 Å². The average Bonchev–Trinajstić information content (AvgIpc) is 3.07. The average molecular weight is 384 g/mol. The van der Waals surface area contributed by atoms with E-state index in [9.17, 15) is 9.59 Å². The van der Waals surface area contributed by atoms with Crippen molar-refractivity contribution in [2.75, 3.05) is 6.54 Å². The van der Waals surface area contributed by atoms with Crippen LogP contribution in [0.5, 0.6) is 0 Å². The molecule has 9 heteroatoms. The van der Waals surface area contributed by atoms with Gasteiger partial charge >= 0.3 is 5.97 Å². The number of carbonyl (C=O) groups excluding carboxylic acids is 1. The van der Waals surface area contributed by atoms with Crippen LogP contribution in [0.15, 0.2) is 16.9 Å². The lowest BCUT2D eigenvalue weighted by atomic mass is 10.3. The minimum atomic E-state index is -1.03. The standard InChI is InChI=1S/C14H18BrN5O3/c1-9-13(15)10(2)20(18-9)6-4-16-12(21)3-5-19-8-11(7-17-19)14(22)23/h7-8H,3-6H2,1-2H3,(H,16,21)(H,22,23). The Labute approximate surface area is 141 Å². The first-order valence-corrected chi connectivity index (χ1v) is 7.89. The highest BCUT2D eigenvalue weighted by Crippen LogP contribution is 2.19. The number of halogens is 1. The van der Waals surface area contributed by atoms with Crippen LogP contribution >= 0.6 is 15.9 Å². The third-order valence-electron chi connectivity index (χ3n) is 3.39. The third-order valence-corrected chi connectivity index (χ3v) is 4.53. The molecule has 0 aliphatic rings. The Morgan fingerprint density at radius 3 is 2.65 bits per heavy atom. The van der Waals surface area contributed by atoms with Crippen molar-refractivity contribution in [1.29, 1.82) is 0 Å². The van der Waals surface area contributed by atoms with Gasteiger partial charge in [0.2, 0.25) is 5.91 Å². The highest BCUT2D eigenvalue weighted by atomic mass is 79.9. The van der Waals surface area contributed by atoms with E-state index in [1.54, 1.807) is 0 Å². The second kappa shape index (κ2) is 7.40. The molecule has 0 fully saturated rings. The number of rotatable bonds is 7. The smallest absolute Gasteiger partial charge is 0.338 e. The predicted octanol–water partition coefficient (Wildman–Crippen LogP) is 1.36. The number of aryl methyl sites for hydroxylation is 2. The SMILES string of the molecule is Cc1nn(CCNC(=O)CCn2cc(C(=O)O)cn2)c(C)c1Br. The molecule has 0 aliphatic heterocycles. The quantitative estimate of drug-likeness (QED) is 0.751. The van der Waals surface area contributed by atoms with Crippen LogP contribution in [0.25, 0.3) is 0 Å². The lowest BCUT2D eigenvalue weighted by molar-refractivity contribution is -0.121. The number of carboxylic acid groups (broad SMARTS) is 1. The van der Waals surface area contributed by atoms with Crippen LogP contribution in [0.1, 0.15) is 28.2 Å². The summed E-state index contributed by atoms with van der Waals surface area (Å²) in [4.78, 5) is 22.5. The molecule has 0 saturated carbocycles. The zero-order chi connectivity index (χ0) is 17.0. The van der Waals surface area contributed by atoms with Crippen molar-refractivity contribution in [3.05, 3.63) is 33.8 Å². The van der Waals surface area contributed by atoms with E-state index in [1.165, 1.54) is 17.1 Å². The molecule has 0 atom stereocenters. The van der Waals surface area contributed by atoms with Gasteiger partial charge in [0.05, 0.1) is 28.5 Å². The molecule has 0 spiro atoms. The summed E-state index contributed by atoms with van der Waals surface area (Å²) in [5.41, 5.74) is 2.05. The lowest BCUT2D eigenvalue weighted by Crippen LogP contribution is -2.28. The molecule has 2 aromatic heterocycles. The summed E-state index contributed by atoms with van der Waals surface area (Å²) in [5.74, 6) is -1.14. The summed E-state index contributed by atoms with van der Waals surface area (Å²) >= 11 is 3.46. The van der Waals surface area contributed by atoms with E-state index in [2.05, 4.69) is 31.4 Å². The number of carboxylic acids is 1. The minimum absolute atomic E-state index is 0.112. The van der Waals surface area contributed by atoms with Crippen molar-refractivity contribution in [2.24, 2.45) is 0 Å². The van der Waals surface area contributed by atoms with Crippen LogP contribution in [0.3, 0.4) is 0 Å². The summed E-state index contributed by atoms with van der Waals surface area (Å²) in [6.45, 7) is 5.29. The fraction of sp³-hybridized carbons (Fsp3) is 0.429. The first kappa shape index (κ1) is 17.2. The first-order valence-electron chi connectivity index (χ1n) is 7.10. The topological polar surface area (TPSA) is 102 Å². The molecule has 2 N–H and O–H groups in total. The normalized spacial score (nSPS) is 10.7. The number of nitrogens with one attached hydrogen (secondary N) is 1. The van der Waals surface area contributed by atoms with Gasteiger partial charge in [-0.2, -0.15) is 10.2 Å². The van der Waals surface area contributed by atoms with Crippen molar-refractivity contribution >= 4 is 27.8 Å². The Hall–Kier alpha value is -2.16. The van der Waals surface area contributed by atoms with E-state index < -0.39 is 5.97 Å². The Morgan fingerprint density at radius 1 is 1.35 bits per heavy atom. The van der Waals surface area contributed by atoms with E-state index >= 15 is 0 Å². The molecular weight excluding hydrogens is 366 g/mol. The Morgan fingerprint density at radius 2 is 2.09 bits per heavy atom. The van der Waals surface area contributed by atoms with E-state index in [0.717, 1.165) is 15.9 Å². The number of nitrogens with zero attached hydrogens (tertiary/aromatic N) is 4. The van der Waals surface area contributed by atoms with Crippen LogP contribution in [0.4, 0.5) is 0 Å². The first-order chi connectivity index (χ1) is 10.9. The molecule has 1 amide bonds. The fourth-order valence-electron chi connectivity index (χ4n) is 2.09. The van der Waals surface area contributed by atoms with Crippen LogP contribution in [-0.4, -0.2) is 43.1 Å². The molecule has 124 valence electrons. The maximum Gasteiger partial charge on any atom is 0.338 e. The van der Waals surface area contributed by atoms with Crippen LogP contribution in [-0.2, 0) is 17.9 Å². The lowest BCUT2D eigenvalue weighted by Gasteiger charge is -2.07. The second-order valence-corrected chi connectivity index (χ2v) is 5.90. The highest BCUT2D eigenvalue weighted by Gasteiger charge is 2.09. The zero-order valence-electron chi connectivity index (χ0n) is 12.9. The molecule has 0 bridgehead atoms. The highest BCUT2D eigenvalue weighted by molar-refractivity contribution is 9.10. The van der Waals surface area contributed by atoms with Crippen molar-refractivity contribution in [3.8, 4) is 0 Å². The van der Waals surface area contributed by atoms with Gasteiger partial charge in [0.15, 0.2) is 0 Å². The Balaban J connectivity index is 1.74. The van der Waals surface area contributed by atoms with Gasteiger partial charge in [-0.1, -0.05) is 0 Å². The van der Waals surface area contributed by atoms with Crippen molar-refractivity contribution < 1.29 is 14.7 Å². The molecule has 23 heavy (non-hydrogen) atoms. The van der Waals surface area contributed by atoms with Crippen molar-refractivity contribution in [2.45, 2.75) is 33.4 Å². The fourth-order valence-corrected chi connectivity index (χ4v) is 2.38. The third kappa shape index (κ3) is 4.41. The Kier molecular flexibility index (Phi) is 5.54. The van der Waals surface area contributed by atoms with Gasteiger partial charge in [0, 0.05) is 31.4 Å². The van der Waals surface area contributed by atoms with Gasteiger partial charge in [0.1, 0.15) is 0 Å². The van der Waals surface area contributed by atoms with E-state index in [4.69, 9.17) is 5.11 Å². The molecule has 2 rings (SSSR count). The number of carbonyl (C=O) groups is 2. The largest absolute Gasteiger partial charge is 0.478 e. The molecule has 8 nitrogen and oxygen atoms in total. The van der Waals surface area contributed by atoms with E-state index in [-0.39, 0.29) is 17.9 Å². The minimum Gasteiger partial charge on any atom is -0.478 e. The van der Waals surface area contributed by atoms with Crippen LogP contribution in [0.2, 0.25) is 0 Å². The van der Waals surface area contributed by atoms with Crippen molar-refractivity contribution in [1.82, 2.24) is 24.9 Å². The van der Waals surface area contributed by atoms with Gasteiger partial charge < -0.3 is 10.4 Å². The van der Waals surface area contributed by atoms with Crippen molar-refractivity contribution in [3.63, 3.8) is 0 Å². The van der Waals surface area contributed by atoms with Gasteiger partial charge in [-0.05, 0) is 29.8 Å². The number of aromatic nitrogens is 4. The van der Waals surface area contributed by atoms with Crippen LogP contribution < -0.4 is 5.32 Å². The second-order valence-electron chi connectivity index (χ2n) is 5.11. The maximum absolute atomic E-state index is 11.8. The summed E-state index contributed by atoms with van der Waals surface area (Å²) in [7, 11) is 0. The monoisotopic (exact) mass is 383 g/mol. The predicted molar refractivity (Wildman–Crippen MR) is 86.2 cm³/mol. The summed E-state index contributed by atoms with van der Waals surface area (Å²) < 4.78 is 4.27. The zero-order valence-corrected chi connectivity index (χ0v) is 14.5. The summed E-state index contributed by atoms with van der Waals surface area (Å²) in [6, 6.07) is 0. The molecule has 0 radical (unpaired) electrons. The van der Waals surface area contributed by atoms with Gasteiger partial charge in [-0.15, -0.1) is 0 Å².